The molecule has 1 unspecified atom stereocenters. The minimum absolute atomic E-state index is 0.136. The van der Waals surface area contributed by atoms with Crippen molar-refractivity contribution in [1.82, 2.24) is 9.88 Å². The Labute approximate surface area is 152 Å². The second kappa shape index (κ2) is 8.14. The van der Waals surface area contributed by atoms with Gasteiger partial charge in [0, 0.05) is 37.3 Å². The largest absolute Gasteiger partial charge is 0.465 e. The number of aromatic nitrogens is 1. The molecule has 1 amide bonds. The topological polar surface area (TPSA) is 99.8 Å². The number of hydrogen-bond donors (Lipinski definition) is 2. The lowest BCUT2D eigenvalue weighted by atomic mass is 9.89. The molecule has 3 N–H and O–H groups in total. The number of fused-ring (bicyclic) bond motifs is 1. The average Bonchev–Trinajstić information content (AvgIpc) is 2.67. The number of amides is 1. The van der Waals surface area contributed by atoms with Crippen molar-refractivity contribution < 1.29 is 14.7 Å². The molecular weight excluding hydrogens is 332 g/mol. The van der Waals surface area contributed by atoms with Gasteiger partial charge in [0.15, 0.2) is 0 Å². The van der Waals surface area contributed by atoms with E-state index < -0.39 is 6.09 Å². The molecule has 3 rings (SSSR count). The third-order valence-electron chi connectivity index (χ3n) is 5.08. The number of piperidine rings is 1. The molecule has 1 aliphatic heterocycles. The number of rotatable bonds is 6. The summed E-state index contributed by atoms with van der Waals surface area (Å²) in [6.45, 7) is 1.73. The number of carbonyl (C=O) groups excluding carboxylic acids is 1. The maximum absolute atomic E-state index is 11.1. The molecule has 0 bridgehead atoms. The minimum Gasteiger partial charge on any atom is -0.465 e. The van der Waals surface area contributed by atoms with Gasteiger partial charge < -0.3 is 20.5 Å². The first kappa shape index (κ1) is 18.1. The number of aldehydes is 1. The Hall–Kier alpha value is -2.67. The lowest BCUT2D eigenvalue weighted by molar-refractivity contribution is -0.108. The van der Waals surface area contributed by atoms with Gasteiger partial charge in [-0.2, -0.15) is 0 Å². The number of anilines is 1. The number of benzene rings is 1. The lowest BCUT2D eigenvalue weighted by Crippen LogP contribution is -2.48. The quantitative estimate of drug-likeness (QED) is 0.768. The molecule has 2 aromatic rings. The lowest BCUT2D eigenvalue weighted by Gasteiger charge is -2.36. The van der Waals surface area contributed by atoms with Crippen LogP contribution < -0.4 is 10.6 Å². The van der Waals surface area contributed by atoms with Crippen molar-refractivity contribution in [3.63, 3.8) is 0 Å². The Bertz CT molecular complexity index is 774. The van der Waals surface area contributed by atoms with Crippen molar-refractivity contribution in [3.8, 4) is 0 Å². The third kappa shape index (κ3) is 4.11. The van der Waals surface area contributed by atoms with Crippen LogP contribution in [0.2, 0.25) is 0 Å². The maximum atomic E-state index is 11.1. The fourth-order valence-electron chi connectivity index (χ4n) is 3.53. The fraction of sp³-hybridized carbons (Fsp3) is 0.421. The number of pyridine rings is 1. The molecule has 1 aliphatic rings. The van der Waals surface area contributed by atoms with Gasteiger partial charge in [0.2, 0.25) is 0 Å². The van der Waals surface area contributed by atoms with Crippen molar-refractivity contribution >= 4 is 29.0 Å². The summed E-state index contributed by atoms with van der Waals surface area (Å²) in [5.41, 5.74) is 6.22. The van der Waals surface area contributed by atoms with Gasteiger partial charge in [-0.3, -0.25) is 4.90 Å². The van der Waals surface area contributed by atoms with E-state index in [0.29, 0.717) is 6.29 Å². The number of nitrogens with zero attached hydrogens (tertiary/aromatic N) is 3. The molecule has 138 valence electrons. The molecule has 1 atom stereocenters. The van der Waals surface area contributed by atoms with Crippen molar-refractivity contribution in [1.29, 1.82) is 0 Å². The van der Waals surface area contributed by atoms with Gasteiger partial charge in [0.1, 0.15) is 12.1 Å². The molecule has 1 aromatic carbocycles. The molecular formula is C19H24N4O3. The van der Waals surface area contributed by atoms with Gasteiger partial charge >= 0.3 is 6.09 Å². The van der Waals surface area contributed by atoms with Gasteiger partial charge in [0.25, 0.3) is 0 Å². The molecule has 0 aliphatic carbocycles. The Kier molecular flexibility index (Phi) is 5.68. The smallest absolute Gasteiger partial charge is 0.407 e. The van der Waals surface area contributed by atoms with E-state index in [9.17, 15) is 9.59 Å². The summed E-state index contributed by atoms with van der Waals surface area (Å²) in [5, 5.41) is 11.4. The normalized spacial score (nSPS) is 16.4. The predicted molar refractivity (Wildman–Crippen MR) is 100 cm³/mol. The Morgan fingerprint density at radius 1 is 1.35 bits per heavy atom. The Morgan fingerprint density at radius 2 is 2.04 bits per heavy atom. The summed E-state index contributed by atoms with van der Waals surface area (Å²) in [5.74, 6) is 1.20. The molecule has 7 nitrogen and oxygen atoms in total. The second-order valence-corrected chi connectivity index (χ2v) is 6.73. The van der Waals surface area contributed by atoms with Crippen LogP contribution in [0.5, 0.6) is 0 Å². The van der Waals surface area contributed by atoms with Gasteiger partial charge in [-0.25, -0.2) is 9.78 Å². The summed E-state index contributed by atoms with van der Waals surface area (Å²) in [7, 11) is 0. The SMILES string of the molecule is NC(CN(CC=O)C(=O)O)C1CCN(c2cc3ccccc3cn2)CC1. The number of nitrogens with two attached hydrogens (primary N) is 1. The minimum atomic E-state index is -1.11. The first-order chi connectivity index (χ1) is 12.6. The third-order valence-corrected chi connectivity index (χ3v) is 5.08. The van der Waals surface area contributed by atoms with Crippen LogP contribution in [0.3, 0.4) is 0 Å². The molecule has 1 fully saturated rings. The molecule has 7 heteroatoms. The molecule has 26 heavy (non-hydrogen) atoms. The van der Waals surface area contributed by atoms with Crippen LogP contribution in [0.4, 0.5) is 10.6 Å². The van der Waals surface area contributed by atoms with Crippen LogP contribution in [0.15, 0.2) is 36.5 Å². The van der Waals surface area contributed by atoms with E-state index >= 15 is 0 Å². The molecule has 1 aromatic heterocycles. The molecule has 0 radical (unpaired) electrons. The van der Waals surface area contributed by atoms with Crippen LogP contribution in [-0.4, -0.2) is 59.6 Å². The summed E-state index contributed by atoms with van der Waals surface area (Å²) >= 11 is 0. The highest BCUT2D eigenvalue weighted by molar-refractivity contribution is 5.83. The molecule has 2 heterocycles. The van der Waals surface area contributed by atoms with E-state index in [-0.39, 0.29) is 25.0 Å². The van der Waals surface area contributed by atoms with E-state index in [2.05, 4.69) is 22.0 Å². The zero-order valence-corrected chi connectivity index (χ0v) is 14.6. The zero-order chi connectivity index (χ0) is 18.5. The van der Waals surface area contributed by atoms with Crippen LogP contribution in [0, 0.1) is 5.92 Å². The highest BCUT2D eigenvalue weighted by Gasteiger charge is 2.27. The average molecular weight is 356 g/mol. The monoisotopic (exact) mass is 356 g/mol. The van der Waals surface area contributed by atoms with E-state index in [0.717, 1.165) is 42.0 Å². The summed E-state index contributed by atoms with van der Waals surface area (Å²) in [6, 6.07) is 9.98. The van der Waals surface area contributed by atoms with Crippen molar-refractivity contribution in [3.05, 3.63) is 36.5 Å². The summed E-state index contributed by atoms with van der Waals surface area (Å²) < 4.78 is 0. The van der Waals surface area contributed by atoms with E-state index in [1.807, 2.05) is 24.4 Å². The molecule has 0 saturated carbocycles. The highest BCUT2D eigenvalue weighted by Crippen LogP contribution is 2.26. The standard InChI is InChI=1S/C19H24N4O3/c20-17(13-23(9-10-24)19(25)26)14-5-7-22(8-6-14)18-11-15-3-1-2-4-16(15)12-21-18/h1-4,10-12,14,17H,5-9,13,20H2,(H,25,26). The van der Waals surface area contributed by atoms with Crippen molar-refractivity contribution in [2.24, 2.45) is 11.7 Å². The first-order valence-electron chi connectivity index (χ1n) is 8.85. The van der Waals surface area contributed by atoms with E-state index in [1.165, 1.54) is 5.39 Å². The Morgan fingerprint density at radius 3 is 2.69 bits per heavy atom. The highest BCUT2D eigenvalue weighted by atomic mass is 16.4. The van der Waals surface area contributed by atoms with Crippen LogP contribution in [-0.2, 0) is 4.79 Å². The molecule has 0 spiro atoms. The van der Waals surface area contributed by atoms with Gasteiger partial charge in [-0.05, 0) is 30.2 Å². The molecule has 1 saturated heterocycles. The van der Waals surface area contributed by atoms with Gasteiger partial charge in [-0.15, -0.1) is 0 Å². The van der Waals surface area contributed by atoms with Crippen LogP contribution in [0.1, 0.15) is 12.8 Å². The van der Waals surface area contributed by atoms with Crippen molar-refractivity contribution in [2.75, 3.05) is 31.1 Å². The van der Waals surface area contributed by atoms with Gasteiger partial charge in [0.05, 0.1) is 6.54 Å². The van der Waals surface area contributed by atoms with Crippen LogP contribution >= 0.6 is 0 Å². The first-order valence-corrected chi connectivity index (χ1v) is 8.85. The maximum Gasteiger partial charge on any atom is 0.407 e. The van der Waals surface area contributed by atoms with Crippen molar-refractivity contribution in [2.45, 2.75) is 18.9 Å². The van der Waals surface area contributed by atoms with E-state index in [1.54, 1.807) is 0 Å². The van der Waals surface area contributed by atoms with Gasteiger partial charge in [-0.1, -0.05) is 24.3 Å². The zero-order valence-electron chi connectivity index (χ0n) is 14.6. The van der Waals surface area contributed by atoms with E-state index in [4.69, 9.17) is 10.8 Å². The number of carboxylic acid groups (broad SMARTS) is 1. The Balaban J connectivity index is 1.59. The predicted octanol–water partition coefficient (Wildman–Crippen LogP) is 1.96. The summed E-state index contributed by atoms with van der Waals surface area (Å²) in [4.78, 5) is 29.6. The summed E-state index contributed by atoms with van der Waals surface area (Å²) in [6.07, 6.45) is 3.14. The fourth-order valence-corrected chi connectivity index (χ4v) is 3.53. The number of hydrogen-bond acceptors (Lipinski definition) is 5. The van der Waals surface area contributed by atoms with Crippen LogP contribution in [0.25, 0.3) is 10.8 Å². The number of carbonyl (C=O) groups is 2. The second-order valence-electron chi connectivity index (χ2n) is 6.73.